The van der Waals surface area contributed by atoms with Gasteiger partial charge in [-0.2, -0.15) is 0 Å². The third kappa shape index (κ3) is 3.09. The van der Waals surface area contributed by atoms with Crippen LogP contribution >= 0.6 is 0 Å². The lowest BCUT2D eigenvalue weighted by molar-refractivity contribution is 0.263. The van der Waals surface area contributed by atoms with E-state index in [2.05, 4.69) is 37.4 Å². The van der Waals surface area contributed by atoms with Gasteiger partial charge in [-0.25, -0.2) is 0 Å². The Morgan fingerprint density at radius 1 is 1.00 bits per heavy atom. The summed E-state index contributed by atoms with van der Waals surface area (Å²) in [5, 5.41) is 3.89. The highest BCUT2D eigenvalue weighted by Crippen LogP contribution is 2.28. The number of fused-ring (bicyclic) bond motifs is 1. The first-order chi connectivity index (χ1) is 9.74. The molecule has 0 spiro atoms. The van der Waals surface area contributed by atoms with Crippen LogP contribution in [0.25, 0.3) is 0 Å². The van der Waals surface area contributed by atoms with E-state index in [1.165, 1.54) is 56.9 Å². The number of hydrogen-bond acceptors (Lipinski definition) is 1. The molecule has 0 aromatic heterocycles. The molecule has 1 heteroatoms. The number of nitrogens with one attached hydrogen (secondary N) is 1. The second kappa shape index (κ2) is 6.30. The van der Waals surface area contributed by atoms with E-state index in [-0.39, 0.29) is 0 Å². The molecule has 0 heterocycles. The Labute approximate surface area is 124 Å². The monoisotopic (exact) mass is 271 g/mol. The van der Waals surface area contributed by atoms with Gasteiger partial charge >= 0.3 is 0 Å². The lowest BCUT2D eigenvalue weighted by Gasteiger charge is -2.32. The van der Waals surface area contributed by atoms with Crippen LogP contribution in [-0.2, 0) is 12.8 Å². The largest absolute Gasteiger partial charge is 0.307 e. The van der Waals surface area contributed by atoms with Crippen LogP contribution in [0.15, 0.2) is 18.2 Å². The molecule has 1 fully saturated rings. The van der Waals surface area contributed by atoms with Crippen LogP contribution in [0.5, 0.6) is 0 Å². The van der Waals surface area contributed by atoms with Crippen molar-refractivity contribution in [2.45, 2.75) is 77.3 Å². The lowest BCUT2D eigenvalue weighted by atomic mass is 9.85. The zero-order chi connectivity index (χ0) is 13.9. The average molecular weight is 271 g/mol. The van der Waals surface area contributed by atoms with E-state index in [1.54, 1.807) is 11.1 Å². The topological polar surface area (TPSA) is 12.0 Å². The van der Waals surface area contributed by atoms with Gasteiger partial charge in [0.15, 0.2) is 0 Å². The van der Waals surface area contributed by atoms with Gasteiger partial charge < -0.3 is 5.32 Å². The van der Waals surface area contributed by atoms with E-state index >= 15 is 0 Å². The molecule has 1 aromatic rings. The Bertz CT molecular complexity index is 451. The first-order valence-corrected chi connectivity index (χ1v) is 8.62. The van der Waals surface area contributed by atoms with Crippen molar-refractivity contribution in [3.8, 4) is 0 Å². The summed E-state index contributed by atoms with van der Waals surface area (Å²) >= 11 is 0. The Morgan fingerprint density at radius 3 is 2.55 bits per heavy atom. The SMILES string of the molecule is CC(NC1CCCCC1C)c1ccc2c(c1)CCCC2. The third-order valence-corrected chi connectivity index (χ3v) is 5.45. The Kier molecular flexibility index (Phi) is 4.45. The molecule has 2 aliphatic rings. The maximum Gasteiger partial charge on any atom is 0.0294 e. The number of benzene rings is 1. The van der Waals surface area contributed by atoms with Gasteiger partial charge in [0.05, 0.1) is 0 Å². The molecule has 2 aliphatic carbocycles. The van der Waals surface area contributed by atoms with Crippen LogP contribution < -0.4 is 5.32 Å². The van der Waals surface area contributed by atoms with Crippen molar-refractivity contribution in [3.63, 3.8) is 0 Å². The quantitative estimate of drug-likeness (QED) is 0.833. The summed E-state index contributed by atoms with van der Waals surface area (Å²) in [6, 6.07) is 8.42. The lowest BCUT2D eigenvalue weighted by Crippen LogP contribution is -2.38. The van der Waals surface area contributed by atoms with Gasteiger partial charge in [-0.05, 0) is 68.1 Å². The molecule has 1 saturated carbocycles. The maximum absolute atomic E-state index is 3.89. The highest BCUT2D eigenvalue weighted by atomic mass is 15.0. The van der Waals surface area contributed by atoms with Crippen LogP contribution in [0.4, 0.5) is 0 Å². The fourth-order valence-corrected chi connectivity index (χ4v) is 4.00. The smallest absolute Gasteiger partial charge is 0.0294 e. The standard InChI is InChI=1S/C19H29N/c1-14-7-3-6-10-19(14)20-15(2)17-12-11-16-8-4-5-9-18(16)13-17/h11-15,19-20H,3-10H2,1-2H3. The van der Waals surface area contributed by atoms with E-state index in [9.17, 15) is 0 Å². The van der Waals surface area contributed by atoms with Gasteiger partial charge in [-0.3, -0.25) is 0 Å². The molecule has 110 valence electrons. The van der Waals surface area contributed by atoms with Crippen LogP contribution in [-0.4, -0.2) is 6.04 Å². The molecule has 1 aromatic carbocycles. The van der Waals surface area contributed by atoms with E-state index < -0.39 is 0 Å². The van der Waals surface area contributed by atoms with Gasteiger partial charge in [0.2, 0.25) is 0 Å². The van der Waals surface area contributed by atoms with Gasteiger partial charge in [0.1, 0.15) is 0 Å². The summed E-state index contributed by atoms with van der Waals surface area (Å²) < 4.78 is 0. The molecule has 1 nitrogen and oxygen atoms in total. The van der Waals surface area contributed by atoms with Crippen molar-refractivity contribution >= 4 is 0 Å². The predicted molar refractivity (Wildman–Crippen MR) is 86.1 cm³/mol. The highest BCUT2D eigenvalue weighted by molar-refractivity contribution is 5.35. The summed E-state index contributed by atoms with van der Waals surface area (Å²) in [4.78, 5) is 0. The summed E-state index contributed by atoms with van der Waals surface area (Å²) in [6.07, 6.45) is 10.9. The second-order valence-corrected chi connectivity index (χ2v) is 6.99. The molecule has 0 aliphatic heterocycles. The first kappa shape index (κ1) is 14.1. The van der Waals surface area contributed by atoms with E-state index in [4.69, 9.17) is 0 Å². The van der Waals surface area contributed by atoms with Crippen molar-refractivity contribution in [3.05, 3.63) is 34.9 Å². The van der Waals surface area contributed by atoms with Gasteiger partial charge in [-0.1, -0.05) is 38.0 Å². The van der Waals surface area contributed by atoms with Crippen molar-refractivity contribution in [1.29, 1.82) is 0 Å². The molecule has 3 rings (SSSR count). The van der Waals surface area contributed by atoms with Gasteiger partial charge in [0, 0.05) is 12.1 Å². The Balaban J connectivity index is 1.68. The molecule has 0 amide bonds. The van der Waals surface area contributed by atoms with Gasteiger partial charge in [-0.15, -0.1) is 0 Å². The summed E-state index contributed by atoms with van der Waals surface area (Å²) in [6.45, 7) is 4.75. The third-order valence-electron chi connectivity index (χ3n) is 5.45. The molecule has 0 radical (unpaired) electrons. The van der Waals surface area contributed by atoms with Gasteiger partial charge in [0.25, 0.3) is 0 Å². The maximum atomic E-state index is 3.89. The van der Waals surface area contributed by atoms with Crippen molar-refractivity contribution in [2.75, 3.05) is 0 Å². The van der Waals surface area contributed by atoms with Crippen LogP contribution in [0.2, 0.25) is 0 Å². The molecule has 1 N–H and O–H groups in total. The molecule has 0 bridgehead atoms. The normalized spacial score (nSPS) is 27.9. The predicted octanol–water partition coefficient (Wildman–Crippen LogP) is 4.79. The summed E-state index contributed by atoms with van der Waals surface area (Å²) in [5.41, 5.74) is 4.70. The number of rotatable bonds is 3. The van der Waals surface area contributed by atoms with E-state index in [0.717, 1.165) is 12.0 Å². The minimum absolute atomic E-state index is 0.493. The summed E-state index contributed by atoms with van der Waals surface area (Å²) in [7, 11) is 0. The zero-order valence-electron chi connectivity index (χ0n) is 13.1. The van der Waals surface area contributed by atoms with Crippen LogP contribution in [0.3, 0.4) is 0 Å². The molecule has 3 atom stereocenters. The second-order valence-electron chi connectivity index (χ2n) is 6.99. The van der Waals surface area contributed by atoms with E-state index in [0.29, 0.717) is 6.04 Å². The molecule has 3 unspecified atom stereocenters. The van der Waals surface area contributed by atoms with E-state index in [1.807, 2.05) is 0 Å². The van der Waals surface area contributed by atoms with Crippen LogP contribution in [0.1, 0.15) is 75.1 Å². The average Bonchev–Trinajstić information content (AvgIpc) is 2.49. The highest BCUT2D eigenvalue weighted by Gasteiger charge is 2.23. The van der Waals surface area contributed by atoms with Crippen molar-refractivity contribution < 1.29 is 0 Å². The fourth-order valence-electron chi connectivity index (χ4n) is 4.00. The first-order valence-electron chi connectivity index (χ1n) is 8.62. The minimum Gasteiger partial charge on any atom is -0.307 e. The van der Waals surface area contributed by atoms with Crippen LogP contribution in [0, 0.1) is 5.92 Å². The van der Waals surface area contributed by atoms with Crippen molar-refractivity contribution in [2.24, 2.45) is 5.92 Å². The fraction of sp³-hybridized carbons (Fsp3) is 0.684. The Morgan fingerprint density at radius 2 is 1.75 bits per heavy atom. The molecule has 20 heavy (non-hydrogen) atoms. The molecular formula is C19H29N. The minimum atomic E-state index is 0.493. The number of aryl methyl sites for hydroxylation is 2. The Hall–Kier alpha value is -0.820. The number of hydrogen-bond donors (Lipinski definition) is 1. The van der Waals surface area contributed by atoms with Crippen molar-refractivity contribution in [1.82, 2.24) is 5.32 Å². The summed E-state index contributed by atoms with van der Waals surface area (Å²) in [5.74, 6) is 0.837. The molecule has 0 saturated heterocycles. The zero-order valence-corrected chi connectivity index (χ0v) is 13.1. The molecular weight excluding hydrogens is 242 g/mol.